The van der Waals surface area contributed by atoms with Crippen molar-refractivity contribution >= 4 is 51.7 Å². The topological polar surface area (TPSA) is 108 Å². The Morgan fingerprint density at radius 1 is 0.878 bits per heavy atom. The van der Waals surface area contributed by atoms with Crippen LogP contribution in [0, 0.1) is 18.8 Å². The summed E-state index contributed by atoms with van der Waals surface area (Å²) < 4.78 is 0. The van der Waals surface area contributed by atoms with Crippen molar-refractivity contribution in [1.29, 1.82) is 0 Å². The van der Waals surface area contributed by atoms with Crippen LogP contribution >= 0.6 is 23.1 Å². The molecule has 1 heterocycles. The molecule has 7 nitrogen and oxygen atoms in total. The number of carbonyl (C=O) groups excluding carboxylic acids is 2. The highest BCUT2D eigenvalue weighted by Gasteiger charge is 2.34. The van der Waals surface area contributed by atoms with Gasteiger partial charge in [-0.25, -0.2) is 4.98 Å². The number of amides is 2. The second kappa shape index (κ2) is 13.0. The SMILES string of the molecule is Cc1sc(NC(=O)C(Sc2ccc(NC(=O)C3CC=CCC3C(=O)O)cc2)c2ccccc2)nc1-c1ccccc1. The molecule has 0 bridgehead atoms. The number of thioether (sulfide) groups is 1. The molecule has 1 aliphatic rings. The summed E-state index contributed by atoms with van der Waals surface area (Å²) in [7, 11) is 0. The van der Waals surface area contributed by atoms with Gasteiger partial charge in [-0.05, 0) is 49.6 Å². The van der Waals surface area contributed by atoms with Gasteiger partial charge in [0.1, 0.15) is 5.25 Å². The van der Waals surface area contributed by atoms with Crippen LogP contribution in [0.2, 0.25) is 0 Å². The first-order valence-corrected chi connectivity index (χ1v) is 14.9. The summed E-state index contributed by atoms with van der Waals surface area (Å²) in [5.41, 5.74) is 3.28. The number of benzene rings is 3. The van der Waals surface area contributed by atoms with Gasteiger partial charge in [0, 0.05) is 21.0 Å². The maximum Gasteiger partial charge on any atom is 0.307 e. The first-order chi connectivity index (χ1) is 19.9. The van der Waals surface area contributed by atoms with Gasteiger partial charge in [-0.3, -0.25) is 14.4 Å². The molecule has 0 spiro atoms. The molecule has 1 aromatic heterocycles. The van der Waals surface area contributed by atoms with Crippen LogP contribution in [0.4, 0.5) is 10.8 Å². The molecule has 3 atom stereocenters. The van der Waals surface area contributed by atoms with Crippen LogP contribution < -0.4 is 10.6 Å². The number of carboxylic acid groups (broad SMARTS) is 1. The molecule has 4 aromatic rings. The van der Waals surface area contributed by atoms with E-state index in [1.54, 1.807) is 12.1 Å². The van der Waals surface area contributed by atoms with Crippen molar-refractivity contribution in [1.82, 2.24) is 4.98 Å². The minimum atomic E-state index is -0.962. The molecule has 0 radical (unpaired) electrons. The van der Waals surface area contributed by atoms with E-state index in [1.165, 1.54) is 23.1 Å². The number of thiazole rings is 1. The van der Waals surface area contributed by atoms with Crippen molar-refractivity contribution in [3.05, 3.63) is 108 Å². The Bertz CT molecular complexity index is 1550. The van der Waals surface area contributed by atoms with E-state index in [2.05, 4.69) is 10.6 Å². The number of aromatic nitrogens is 1. The largest absolute Gasteiger partial charge is 0.481 e. The van der Waals surface area contributed by atoms with Crippen LogP contribution in [0.3, 0.4) is 0 Å². The summed E-state index contributed by atoms with van der Waals surface area (Å²) in [6.07, 6.45) is 4.41. The molecule has 0 saturated heterocycles. The summed E-state index contributed by atoms with van der Waals surface area (Å²) in [5.74, 6) is -2.80. The van der Waals surface area contributed by atoms with Crippen molar-refractivity contribution in [2.75, 3.05) is 10.6 Å². The highest BCUT2D eigenvalue weighted by molar-refractivity contribution is 8.00. The third kappa shape index (κ3) is 6.93. The van der Waals surface area contributed by atoms with E-state index in [0.29, 0.717) is 23.7 Å². The molecule has 5 rings (SSSR count). The summed E-state index contributed by atoms with van der Waals surface area (Å²) in [6, 6.07) is 26.7. The van der Waals surface area contributed by atoms with E-state index < -0.39 is 23.1 Å². The van der Waals surface area contributed by atoms with Crippen LogP contribution in [-0.4, -0.2) is 27.9 Å². The molecule has 3 N–H and O–H groups in total. The van der Waals surface area contributed by atoms with Crippen LogP contribution in [-0.2, 0) is 14.4 Å². The molecule has 1 aliphatic carbocycles. The van der Waals surface area contributed by atoms with Crippen LogP contribution in [0.5, 0.6) is 0 Å². The Kier molecular flexibility index (Phi) is 8.96. The van der Waals surface area contributed by atoms with Crippen LogP contribution in [0.1, 0.15) is 28.5 Å². The minimum absolute atomic E-state index is 0.183. The Morgan fingerprint density at radius 3 is 2.17 bits per heavy atom. The summed E-state index contributed by atoms with van der Waals surface area (Å²) in [5, 5.41) is 15.4. The number of nitrogens with zero attached hydrogens (tertiary/aromatic N) is 1. The zero-order chi connectivity index (χ0) is 28.8. The van der Waals surface area contributed by atoms with Crippen molar-refractivity contribution < 1.29 is 19.5 Å². The molecule has 0 saturated carbocycles. The highest BCUT2D eigenvalue weighted by atomic mass is 32.2. The molecule has 208 valence electrons. The number of rotatable bonds is 9. The van der Waals surface area contributed by atoms with Crippen molar-refractivity contribution in [2.45, 2.75) is 29.9 Å². The Morgan fingerprint density at radius 2 is 1.51 bits per heavy atom. The summed E-state index contributed by atoms with van der Waals surface area (Å²) in [4.78, 5) is 44.6. The fourth-order valence-electron chi connectivity index (χ4n) is 4.75. The molecule has 41 heavy (non-hydrogen) atoms. The van der Waals surface area contributed by atoms with Gasteiger partial charge < -0.3 is 15.7 Å². The van der Waals surface area contributed by atoms with E-state index in [0.717, 1.165) is 26.6 Å². The van der Waals surface area contributed by atoms with Crippen molar-refractivity contribution in [3.63, 3.8) is 0 Å². The molecule has 3 unspecified atom stereocenters. The van der Waals surface area contributed by atoms with Crippen LogP contribution in [0.25, 0.3) is 11.3 Å². The first-order valence-electron chi connectivity index (χ1n) is 13.2. The average Bonchev–Trinajstić information content (AvgIpc) is 3.37. The third-order valence-electron chi connectivity index (χ3n) is 6.88. The third-order valence-corrected chi connectivity index (χ3v) is 9.03. The number of allylic oxidation sites excluding steroid dienone is 2. The molecule has 0 aliphatic heterocycles. The Labute approximate surface area is 246 Å². The zero-order valence-corrected chi connectivity index (χ0v) is 24.0. The highest BCUT2D eigenvalue weighted by Crippen LogP contribution is 2.38. The molecular formula is C32H29N3O4S2. The van der Waals surface area contributed by atoms with Crippen molar-refractivity contribution in [2.24, 2.45) is 11.8 Å². The maximum absolute atomic E-state index is 13.6. The number of carboxylic acids is 1. The van der Waals surface area contributed by atoms with Gasteiger partial charge >= 0.3 is 5.97 Å². The standard InChI is InChI=1S/C32H29N3O4S2/c1-20-27(21-10-4-2-5-11-21)34-32(40-20)35-30(37)28(22-12-6-3-7-13-22)41-24-18-16-23(17-19-24)33-29(36)25-14-8-9-15-26(25)31(38)39/h2-13,16-19,25-26,28H,14-15H2,1H3,(H,33,36)(H,38,39)(H,34,35,37). The van der Waals surface area contributed by atoms with E-state index in [1.807, 2.05) is 91.9 Å². The summed E-state index contributed by atoms with van der Waals surface area (Å²) >= 11 is 2.85. The molecule has 3 aromatic carbocycles. The minimum Gasteiger partial charge on any atom is -0.481 e. The smallest absolute Gasteiger partial charge is 0.307 e. The molecular weight excluding hydrogens is 555 g/mol. The number of aryl methyl sites for hydroxylation is 1. The van der Waals surface area contributed by atoms with Gasteiger partial charge in [-0.1, -0.05) is 72.8 Å². The number of nitrogens with one attached hydrogen (secondary N) is 2. The second-order valence-corrected chi connectivity index (χ2v) is 12.1. The van der Waals surface area contributed by atoms with E-state index in [-0.39, 0.29) is 11.8 Å². The average molecular weight is 584 g/mol. The number of carbonyl (C=O) groups is 3. The molecule has 0 fully saturated rings. The molecule has 2 amide bonds. The van der Waals surface area contributed by atoms with E-state index >= 15 is 0 Å². The number of hydrogen-bond acceptors (Lipinski definition) is 6. The van der Waals surface area contributed by atoms with Gasteiger partial charge in [0.25, 0.3) is 0 Å². The van der Waals surface area contributed by atoms with Gasteiger partial charge in [-0.2, -0.15) is 0 Å². The van der Waals surface area contributed by atoms with Crippen LogP contribution in [0.15, 0.2) is 102 Å². The lowest BCUT2D eigenvalue weighted by Gasteiger charge is -2.24. The van der Waals surface area contributed by atoms with Crippen molar-refractivity contribution in [3.8, 4) is 11.3 Å². The predicted octanol–water partition coefficient (Wildman–Crippen LogP) is 7.20. The lowest BCUT2D eigenvalue weighted by Crippen LogP contribution is -2.34. The maximum atomic E-state index is 13.6. The fraction of sp³-hybridized carbons (Fsp3) is 0.188. The quantitative estimate of drug-likeness (QED) is 0.142. The lowest BCUT2D eigenvalue weighted by molar-refractivity contribution is -0.146. The van der Waals surface area contributed by atoms with Gasteiger partial charge in [0.15, 0.2) is 5.13 Å². The Hall–Kier alpha value is -4.21. The monoisotopic (exact) mass is 583 g/mol. The zero-order valence-electron chi connectivity index (χ0n) is 22.3. The number of hydrogen-bond donors (Lipinski definition) is 3. The number of aliphatic carboxylic acids is 1. The fourth-order valence-corrected chi connectivity index (χ4v) is 6.61. The lowest BCUT2D eigenvalue weighted by atomic mass is 9.82. The van der Waals surface area contributed by atoms with E-state index in [4.69, 9.17) is 4.98 Å². The predicted molar refractivity (Wildman–Crippen MR) is 164 cm³/mol. The van der Waals surface area contributed by atoms with Gasteiger partial charge in [0.2, 0.25) is 11.8 Å². The van der Waals surface area contributed by atoms with Gasteiger partial charge in [0.05, 0.1) is 17.5 Å². The molecule has 9 heteroatoms. The normalized spacial score (nSPS) is 17.0. The number of anilines is 2. The summed E-state index contributed by atoms with van der Waals surface area (Å²) in [6.45, 7) is 1.99. The van der Waals surface area contributed by atoms with E-state index in [9.17, 15) is 19.5 Å². The first kappa shape index (κ1) is 28.3. The second-order valence-electron chi connectivity index (χ2n) is 9.70. The Balaban J connectivity index is 1.29. The van der Waals surface area contributed by atoms with Gasteiger partial charge in [-0.15, -0.1) is 23.1 Å².